The van der Waals surface area contributed by atoms with E-state index in [-0.39, 0.29) is 0 Å². The number of rotatable bonds is 5. The third kappa shape index (κ3) is 4.66. The third-order valence-electron chi connectivity index (χ3n) is 1.75. The Kier molecular flexibility index (Phi) is 5.72. The predicted octanol–water partition coefficient (Wildman–Crippen LogP) is 0.989. The largest absolute Gasteiger partial charge is 0.473 e. The van der Waals surface area contributed by atoms with Crippen molar-refractivity contribution in [3.63, 3.8) is 0 Å². The van der Waals surface area contributed by atoms with Crippen molar-refractivity contribution in [2.45, 2.75) is 6.92 Å². The van der Waals surface area contributed by atoms with Crippen LogP contribution in [0.3, 0.4) is 0 Å². The van der Waals surface area contributed by atoms with Crippen molar-refractivity contribution < 1.29 is 4.74 Å². The smallest absolute Gasteiger partial charge is 0.239 e. The molecule has 0 aromatic heterocycles. The molecule has 4 heteroatoms. The van der Waals surface area contributed by atoms with E-state index < -0.39 is 0 Å². The highest BCUT2D eigenvalue weighted by atomic mass is 16.5. The van der Waals surface area contributed by atoms with Crippen LogP contribution in [0, 0.1) is 0 Å². The monoisotopic (exact) mass is 213 g/mol. The summed E-state index contributed by atoms with van der Waals surface area (Å²) >= 11 is 0. The molecule has 0 aromatic rings. The Morgan fingerprint density at radius 1 is 0.933 bits per heavy atom. The van der Waals surface area contributed by atoms with Gasteiger partial charge in [-0.25, -0.2) is 0 Å². The fraction of sp³-hybridized carbons (Fsp3) is 0.727. The number of hydrogen-bond acceptors (Lipinski definition) is 4. The lowest BCUT2D eigenvalue weighted by Crippen LogP contribution is -2.25. The second kappa shape index (κ2) is 6.25. The SMILES string of the molecule is CCOC(=C=C(N(C)C)N(C)C)N(C)C. The van der Waals surface area contributed by atoms with Crippen LogP contribution < -0.4 is 0 Å². The molecule has 0 aliphatic heterocycles. The van der Waals surface area contributed by atoms with Gasteiger partial charge in [0.2, 0.25) is 5.88 Å². The molecular weight excluding hydrogens is 190 g/mol. The molecule has 0 N–H and O–H groups in total. The first-order valence-corrected chi connectivity index (χ1v) is 5.05. The fourth-order valence-electron chi connectivity index (χ4n) is 1.13. The average Bonchev–Trinajstić information content (AvgIpc) is 2.10. The van der Waals surface area contributed by atoms with E-state index in [1.165, 1.54) is 0 Å². The molecule has 0 fully saturated rings. The first-order chi connectivity index (χ1) is 6.90. The van der Waals surface area contributed by atoms with E-state index in [0.717, 1.165) is 11.7 Å². The summed E-state index contributed by atoms with van der Waals surface area (Å²) in [6, 6.07) is 0. The predicted molar refractivity (Wildman–Crippen MR) is 63.2 cm³/mol. The molecule has 15 heavy (non-hydrogen) atoms. The van der Waals surface area contributed by atoms with Crippen molar-refractivity contribution in [1.29, 1.82) is 0 Å². The van der Waals surface area contributed by atoms with E-state index in [1.54, 1.807) is 0 Å². The molecule has 0 rings (SSSR count). The maximum atomic E-state index is 5.49. The number of nitrogens with zero attached hydrogens (tertiary/aromatic N) is 3. The quantitative estimate of drug-likeness (QED) is 0.501. The molecule has 0 aromatic carbocycles. The summed E-state index contributed by atoms with van der Waals surface area (Å²) in [6.07, 6.45) is 0. The van der Waals surface area contributed by atoms with Crippen LogP contribution in [-0.2, 0) is 4.74 Å². The Morgan fingerprint density at radius 2 is 1.40 bits per heavy atom. The third-order valence-corrected chi connectivity index (χ3v) is 1.75. The average molecular weight is 213 g/mol. The summed E-state index contributed by atoms with van der Waals surface area (Å²) in [5.41, 5.74) is 3.24. The molecule has 4 nitrogen and oxygen atoms in total. The van der Waals surface area contributed by atoms with Crippen LogP contribution in [0.25, 0.3) is 0 Å². The first-order valence-electron chi connectivity index (χ1n) is 5.05. The second-order valence-electron chi connectivity index (χ2n) is 3.87. The van der Waals surface area contributed by atoms with Crippen molar-refractivity contribution in [3.8, 4) is 0 Å². The van der Waals surface area contributed by atoms with Crippen LogP contribution in [0.2, 0.25) is 0 Å². The Bertz CT molecular complexity index is 241. The molecule has 0 aliphatic carbocycles. The fourth-order valence-corrected chi connectivity index (χ4v) is 1.13. The van der Waals surface area contributed by atoms with Crippen molar-refractivity contribution >= 4 is 0 Å². The zero-order chi connectivity index (χ0) is 12.0. The summed E-state index contributed by atoms with van der Waals surface area (Å²) in [5, 5.41) is 0. The van der Waals surface area contributed by atoms with Crippen molar-refractivity contribution in [3.05, 3.63) is 17.4 Å². The highest BCUT2D eigenvalue weighted by molar-refractivity contribution is 5.01. The first kappa shape index (κ1) is 13.7. The van der Waals surface area contributed by atoms with Gasteiger partial charge >= 0.3 is 0 Å². The van der Waals surface area contributed by atoms with Gasteiger partial charge in [0.1, 0.15) is 0 Å². The van der Waals surface area contributed by atoms with Crippen molar-refractivity contribution in [2.75, 3.05) is 48.9 Å². The molecular formula is C11H23N3O. The highest BCUT2D eigenvalue weighted by Gasteiger charge is 2.04. The van der Waals surface area contributed by atoms with Gasteiger partial charge < -0.3 is 19.4 Å². The summed E-state index contributed by atoms with van der Waals surface area (Å²) < 4.78 is 5.49. The number of hydrogen-bond donors (Lipinski definition) is 0. The van der Waals surface area contributed by atoms with E-state index in [2.05, 4.69) is 5.73 Å². The minimum atomic E-state index is 0.647. The summed E-state index contributed by atoms with van der Waals surface area (Å²) in [6.45, 7) is 2.62. The summed E-state index contributed by atoms with van der Waals surface area (Å²) in [4.78, 5) is 5.92. The molecule has 0 radical (unpaired) electrons. The van der Waals surface area contributed by atoms with Crippen LogP contribution in [0.1, 0.15) is 6.92 Å². The van der Waals surface area contributed by atoms with Gasteiger partial charge in [-0.05, 0) is 12.7 Å². The van der Waals surface area contributed by atoms with Gasteiger partial charge in [0.25, 0.3) is 0 Å². The Morgan fingerprint density at radius 3 is 1.67 bits per heavy atom. The molecule has 0 heterocycles. The van der Waals surface area contributed by atoms with Gasteiger partial charge in [-0.1, -0.05) is 0 Å². The van der Waals surface area contributed by atoms with Crippen LogP contribution in [0.5, 0.6) is 0 Å². The molecule has 0 saturated heterocycles. The zero-order valence-electron chi connectivity index (χ0n) is 11.0. The topological polar surface area (TPSA) is 19.0 Å². The second-order valence-corrected chi connectivity index (χ2v) is 3.87. The van der Waals surface area contributed by atoms with E-state index in [0.29, 0.717) is 6.61 Å². The molecule has 0 atom stereocenters. The molecule has 0 bridgehead atoms. The molecule has 0 aliphatic rings. The van der Waals surface area contributed by atoms with Crippen molar-refractivity contribution in [1.82, 2.24) is 14.7 Å². The minimum Gasteiger partial charge on any atom is -0.473 e. The minimum absolute atomic E-state index is 0.647. The highest BCUT2D eigenvalue weighted by Crippen LogP contribution is 2.05. The van der Waals surface area contributed by atoms with Gasteiger partial charge in [-0.2, -0.15) is 0 Å². The molecule has 0 saturated carbocycles. The molecule has 0 unspecified atom stereocenters. The zero-order valence-corrected chi connectivity index (χ0v) is 11.0. The van der Waals surface area contributed by atoms with E-state index in [4.69, 9.17) is 4.74 Å². The normalized spacial score (nSPS) is 9.00. The maximum absolute atomic E-state index is 5.49. The lowest BCUT2D eigenvalue weighted by molar-refractivity contribution is 0.151. The maximum Gasteiger partial charge on any atom is 0.239 e. The Balaban J connectivity index is 5.22. The molecule has 0 amide bonds. The van der Waals surface area contributed by atoms with Gasteiger partial charge in [-0.15, -0.1) is 0 Å². The van der Waals surface area contributed by atoms with Crippen LogP contribution >= 0.6 is 0 Å². The molecule has 88 valence electrons. The number of ether oxygens (including phenoxy) is 1. The lowest BCUT2D eigenvalue weighted by atomic mass is 10.5. The lowest BCUT2D eigenvalue weighted by Gasteiger charge is -2.23. The Labute approximate surface area is 93.4 Å². The van der Waals surface area contributed by atoms with Crippen LogP contribution in [-0.4, -0.2) is 63.6 Å². The van der Waals surface area contributed by atoms with Gasteiger partial charge in [0.15, 0.2) is 5.82 Å². The van der Waals surface area contributed by atoms with Gasteiger partial charge in [0.05, 0.1) is 6.61 Å². The summed E-state index contributed by atoms with van der Waals surface area (Å²) in [7, 11) is 11.8. The van der Waals surface area contributed by atoms with Gasteiger partial charge in [-0.3, -0.25) is 0 Å². The Hall–Kier alpha value is -1.28. The van der Waals surface area contributed by atoms with E-state index in [1.807, 2.05) is 63.9 Å². The van der Waals surface area contributed by atoms with E-state index >= 15 is 0 Å². The van der Waals surface area contributed by atoms with Gasteiger partial charge in [0, 0.05) is 42.3 Å². The summed E-state index contributed by atoms with van der Waals surface area (Å²) in [5.74, 6) is 1.72. The van der Waals surface area contributed by atoms with Crippen LogP contribution in [0.4, 0.5) is 0 Å². The standard InChI is InChI=1S/C11H23N3O/c1-8-15-11(14(6)7)9-10(12(2)3)13(4)5/h8H2,1-7H3. The van der Waals surface area contributed by atoms with Crippen molar-refractivity contribution in [2.24, 2.45) is 0 Å². The molecule has 0 spiro atoms. The van der Waals surface area contributed by atoms with E-state index in [9.17, 15) is 0 Å². The van der Waals surface area contributed by atoms with Crippen LogP contribution in [0.15, 0.2) is 17.4 Å².